The molecule has 2 fully saturated rings. The Hall–Kier alpha value is 0.524. The molecule has 154 valence electrons. The minimum absolute atomic E-state index is 0.222. The zero-order valence-electron chi connectivity index (χ0n) is 17.7. The number of methoxy groups -OCH3 is 1. The minimum atomic E-state index is -2.63. The van der Waals surface area contributed by atoms with Crippen LogP contribution >= 0.6 is 11.6 Å². The fourth-order valence-corrected chi connectivity index (χ4v) is 16.0. The van der Waals surface area contributed by atoms with E-state index in [1.165, 1.54) is 0 Å². The van der Waals surface area contributed by atoms with E-state index in [9.17, 15) is 0 Å². The molecular formula is C18H37ClO5Si2. The van der Waals surface area contributed by atoms with Gasteiger partial charge in [-0.15, -0.1) is 11.6 Å². The Morgan fingerprint density at radius 1 is 0.885 bits per heavy atom. The van der Waals surface area contributed by atoms with Crippen molar-refractivity contribution in [1.82, 2.24) is 0 Å². The van der Waals surface area contributed by atoms with Crippen LogP contribution in [0.4, 0.5) is 0 Å². The molecule has 5 nitrogen and oxygen atoms in total. The highest BCUT2D eigenvalue weighted by Crippen LogP contribution is 2.47. The Morgan fingerprint density at radius 2 is 1.38 bits per heavy atom. The van der Waals surface area contributed by atoms with E-state index < -0.39 is 23.4 Å². The van der Waals surface area contributed by atoms with Gasteiger partial charge in [0.15, 0.2) is 6.29 Å². The van der Waals surface area contributed by atoms with Gasteiger partial charge in [0.1, 0.15) is 11.5 Å². The molecule has 0 N–H and O–H groups in total. The number of fused-ring (bicyclic) bond motifs is 1. The number of hydrogen-bond donors (Lipinski definition) is 0. The van der Waals surface area contributed by atoms with E-state index in [0.717, 1.165) is 0 Å². The van der Waals surface area contributed by atoms with Crippen LogP contribution in [0.1, 0.15) is 55.4 Å². The Balaban J connectivity index is 2.52. The second-order valence-electron chi connectivity index (χ2n) is 8.78. The SMILES string of the molecule is CO[C@@H]1O[C@@H]2CO[Si](C(C)C)(C(C)C)O[Si](C(C)C)(C(C)C)O[C@H]2[C@@H]1Cl. The molecule has 0 unspecified atom stereocenters. The van der Waals surface area contributed by atoms with Gasteiger partial charge in [-0.2, -0.15) is 0 Å². The van der Waals surface area contributed by atoms with Gasteiger partial charge in [0, 0.05) is 7.11 Å². The van der Waals surface area contributed by atoms with Crippen molar-refractivity contribution in [2.45, 2.75) is 101 Å². The molecule has 4 atom stereocenters. The lowest BCUT2D eigenvalue weighted by Crippen LogP contribution is -2.65. The number of hydrogen-bond acceptors (Lipinski definition) is 5. The van der Waals surface area contributed by atoms with E-state index in [1.807, 2.05) is 0 Å². The molecule has 0 aliphatic carbocycles. The van der Waals surface area contributed by atoms with Crippen LogP contribution in [-0.4, -0.2) is 54.7 Å². The summed E-state index contributed by atoms with van der Waals surface area (Å²) in [6.45, 7) is 18.1. The smallest absolute Gasteiger partial charge is 0.335 e. The van der Waals surface area contributed by atoms with Gasteiger partial charge in [0.2, 0.25) is 0 Å². The average Bonchev–Trinajstić information content (AvgIpc) is 2.81. The summed E-state index contributed by atoms with van der Waals surface area (Å²) in [6, 6.07) is 0. The van der Waals surface area contributed by atoms with E-state index in [2.05, 4.69) is 55.4 Å². The largest absolute Gasteiger partial charge is 0.414 e. The molecule has 26 heavy (non-hydrogen) atoms. The first-order valence-electron chi connectivity index (χ1n) is 9.86. The van der Waals surface area contributed by atoms with Crippen molar-refractivity contribution in [2.24, 2.45) is 0 Å². The van der Waals surface area contributed by atoms with Gasteiger partial charge in [0.05, 0.1) is 12.7 Å². The summed E-state index contributed by atoms with van der Waals surface area (Å²) in [5, 5.41) is -0.367. The third kappa shape index (κ3) is 3.83. The van der Waals surface area contributed by atoms with Crippen LogP contribution in [0.3, 0.4) is 0 Å². The molecule has 2 aliphatic heterocycles. The highest BCUT2D eigenvalue weighted by molar-refractivity contribution is 6.84. The summed E-state index contributed by atoms with van der Waals surface area (Å²) in [4.78, 5) is 0. The van der Waals surface area contributed by atoms with Gasteiger partial charge in [-0.25, -0.2) is 0 Å². The molecule has 0 aromatic heterocycles. The highest BCUT2D eigenvalue weighted by Gasteiger charge is 2.61. The Bertz CT molecular complexity index is 458. The summed E-state index contributed by atoms with van der Waals surface area (Å²) < 4.78 is 32.1. The van der Waals surface area contributed by atoms with Crippen molar-refractivity contribution in [3.8, 4) is 0 Å². The first-order valence-corrected chi connectivity index (χ1v) is 14.2. The quantitative estimate of drug-likeness (QED) is 0.462. The third-order valence-corrected chi connectivity index (χ3v) is 16.5. The topological polar surface area (TPSA) is 46.2 Å². The molecule has 2 heterocycles. The molecule has 2 aliphatic rings. The fourth-order valence-electron chi connectivity index (χ4n) is 4.28. The van der Waals surface area contributed by atoms with Crippen LogP contribution in [-0.2, 0) is 22.4 Å². The van der Waals surface area contributed by atoms with E-state index in [-0.39, 0.29) is 28.7 Å². The van der Waals surface area contributed by atoms with Crippen molar-refractivity contribution < 1.29 is 22.4 Å². The van der Waals surface area contributed by atoms with E-state index >= 15 is 0 Å². The number of rotatable bonds is 5. The molecule has 0 bridgehead atoms. The maximum absolute atomic E-state index is 7.12. The van der Waals surface area contributed by atoms with E-state index in [4.69, 9.17) is 34.0 Å². The van der Waals surface area contributed by atoms with E-state index in [0.29, 0.717) is 17.7 Å². The molecule has 0 spiro atoms. The lowest BCUT2D eigenvalue weighted by Gasteiger charge is -2.51. The Kier molecular flexibility index (Phi) is 7.45. The predicted octanol–water partition coefficient (Wildman–Crippen LogP) is 4.92. The van der Waals surface area contributed by atoms with Crippen LogP contribution < -0.4 is 0 Å². The number of ether oxygens (including phenoxy) is 2. The Morgan fingerprint density at radius 3 is 1.81 bits per heavy atom. The van der Waals surface area contributed by atoms with Crippen molar-refractivity contribution in [3.63, 3.8) is 0 Å². The molecule has 2 saturated heterocycles. The summed E-state index contributed by atoms with van der Waals surface area (Å²) in [5.41, 5.74) is 1.19. The molecule has 2 rings (SSSR count). The predicted molar refractivity (Wildman–Crippen MR) is 109 cm³/mol. The van der Waals surface area contributed by atoms with Gasteiger partial charge >= 0.3 is 17.1 Å². The average molecular weight is 425 g/mol. The van der Waals surface area contributed by atoms with Crippen LogP contribution in [0.2, 0.25) is 22.2 Å². The maximum atomic E-state index is 7.12. The fraction of sp³-hybridized carbons (Fsp3) is 1.00. The van der Waals surface area contributed by atoms with Gasteiger partial charge in [-0.1, -0.05) is 55.4 Å². The van der Waals surface area contributed by atoms with Crippen LogP contribution in [0, 0.1) is 0 Å². The summed E-state index contributed by atoms with van der Waals surface area (Å²) in [6.07, 6.45) is -0.974. The lowest BCUT2D eigenvalue weighted by molar-refractivity contribution is -0.128. The first-order chi connectivity index (χ1) is 12.0. The van der Waals surface area contributed by atoms with Crippen molar-refractivity contribution in [3.05, 3.63) is 0 Å². The van der Waals surface area contributed by atoms with Crippen LogP contribution in [0.15, 0.2) is 0 Å². The minimum Gasteiger partial charge on any atom is -0.414 e. The third-order valence-electron chi connectivity index (χ3n) is 5.81. The normalized spacial score (nSPS) is 34.4. The highest BCUT2D eigenvalue weighted by atomic mass is 35.5. The summed E-state index contributed by atoms with van der Waals surface area (Å²) in [7, 11) is -3.54. The monoisotopic (exact) mass is 424 g/mol. The second kappa shape index (κ2) is 8.49. The molecule has 0 amide bonds. The van der Waals surface area contributed by atoms with Crippen molar-refractivity contribution >= 4 is 28.7 Å². The van der Waals surface area contributed by atoms with Crippen molar-refractivity contribution in [2.75, 3.05) is 13.7 Å². The summed E-state index contributed by atoms with van der Waals surface area (Å²) in [5.74, 6) is 0. The maximum Gasteiger partial charge on any atom is 0.335 e. The van der Waals surface area contributed by atoms with Crippen molar-refractivity contribution in [1.29, 1.82) is 0 Å². The zero-order valence-corrected chi connectivity index (χ0v) is 20.5. The standard InChI is InChI=1S/C18H37ClO5Si2/c1-11(2)25(12(3)4)21-10-15-17(16(19)18(20-9)22-15)23-26(24-25,13(5)6)14(7)8/h11-18H,10H2,1-9H3/t15-,16+,17-,18-/m1/s1. The summed E-state index contributed by atoms with van der Waals surface area (Å²) >= 11 is 6.66. The van der Waals surface area contributed by atoms with Gasteiger partial charge in [-0.3, -0.25) is 0 Å². The Labute approximate surface area is 166 Å². The molecule has 8 heteroatoms. The molecule has 0 aromatic carbocycles. The molecular weight excluding hydrogens is 388 g/mol. The van der Waals surface area contributed by atoms with Gasteiger partial charge in [0.25, 0.3) is 0 Å². The molecule has 0 aromatic rings. The number of alkyl halides is 1. The van der Waals surface area contributed by atoms with E-state index in [1.54, 1.807) is 7.11 Å². The van der Waals surface area contributed by atoms with Crippen LogP contribution in [0.5, 0.6) is 0 Å². The zero-order chi connectivity index (χ0) is 19.9. The van der Waals surface area contributed by atoms with Gasteiger partial charge < -0.3 is 22.4 Å². The second-order valence-corrected chi connectivity index (χ2v) is 18.1. The van der Waals surface area contributed by atoms with Crippen LogP contribution in [0.25, 0.3) is 0 Å². The number of halogens is 1. The lowest BCUT2D eigenvalue weighted by atomic mass is 10.2. The van der Waals surface area contributed by atoms with Gasteiger partial charge in [-0.05, 0) is 22.2 Å². The molecule has 0 radical (unpaired) electrons. The molecule has 0 saturated carbocycles. The first kappa shape index (κ1) is 22.8.